The molecule has 1 aromatic heterocycles. The van der Waals surface area contributed by atoms with E-state index in [2.05, 4.69) is 15.0 Å². The van der Waals surface area contributed by atoms with Crippen molar-refractivity contribution in [2.24, 2.45) is 0 Å². The van der Waals surface area contributed by atoms with Gasteiger partial charge in [0, 0.05) is 5.54 Å². The molecule has 0 aromatic carbocycles. The summed E-state index contributed by atoms with van der Waals surface area (Å²) in [6.45, 7) is 8.33. The van der Waals surface area contributed by atoms with Crippen molar-refractivity contribution in [1.82, 2.24) is 9.69 Å². The van der Waals surface area contributed by atoms with E-state index >= 15 is 0 Å². The van der Waals surface area contributed by atoms with E-state index in [-0.39, 0.29) is 18.0 Å². The maximum Gasteiger partial charge on any atom is 0.239 e. The number of ether oxygens (including phenoxy) is 1. The fraction of sp³-hybridized carbons (Fsp3) is 0.636. The summed E-state index contributed by atoms with van der Waals surface area (Å²) in [5.41, 5.74) is 5.43. The maximum atomic E-state index is 11.6. The maximum absolute atomic E-state index is 11.6. The van der Waals surface area contributed by atoms with E-state index in [0.29, 0.717) is 23.2 Å². The minimum Gasteiger partial charge on any atom is -0.487 e. The minimum absolute atomic E-state index is 0.0862. The summed E-state index contributed by atoms with van der Waals surface area (Å²) in [4.78, 5) is 11.6. The van der Waals surface area contributed by atoms with Crippen molar-refractivity contribution in [2.75, 3.05) is 24.2 Å². The number of anilines is 2. The highest BCUT2D eigenvalue weighted by Crippen LogP contribution is 2.34. The van der Waals surface area contributed by atoms with Crippen LogP contribution in [0.1, 0.15) is 27.7 Å². The average Bonchev–Trinajstić information content (AvgIpc) is 2.56. The van der Waals surface area contributed by atoms with Gasteiger partial charge in [-0.05, 0) is 39.2 Å². The SMILES string of the molecule is CCOc1c(N)nsc1NCC(=O)NC(C)(C)C. The highest BCUT2D eigenvalue weighted by molar-refractivity contribution is 7.11. The Labute approximate surface area is 111 Å². The molecule has 0 fully saturated rings. The lowest BCUT2D eigenvalue weighted by molar-refractivity contribution is -0.120. The van der Waals surface area contributed by atoms with Crippen LogP contribution in [0.2, 0.25) is 0 Å². The van der Waals surface area contributed by atoms with Crippen LogP contribution in [0, 0.1) is 0 Å². The second kappa shape index (κ2) is 5.90. The first kappa shape index (κ1) is 14.6. The van der Waals surface area contributed by atoms with Gasteiger partial charge in [-0.1, -0.05) is 0 Å². The van der Waals surface area contributed by atoms with Crippen molar-refractivity contribution in [1.29, 1.82) is 0 Å². The van der Waals surface area contributed by atoms with Crippen molar-refractivity contribution >= 4 is 28.3 Å². The molecule has 1 aromatic rings. The van der Waals surface area contributed by atoms with Gasteiger partial charge in [0.25, 0.3) is 0 Å². The third-order valence-corrected chi connectivity index (χ3v) is 2.69. The number of hydrogen-bond acceptors (Lipinski definition) is 6. The molecular weight excluding hydrogens is 252 g/mol. The fourth-order valence-electron chi connectivity index (χ4n) is 1.31. The molecule has 18 heavy (non-hydrogen) atoms. The van der Waals surface area contributed by atoms with Gasteiger partial charge in [-0.2, -0.15) is 4.37 Å². The van der Waals surface area contributed by atoms with E-state index in [4.69, 9.17) is 10.5 Å². The molecule has 0 unspecified atom stereocenters. The summed E-state index contributed by atoms with van der Waals surface area (Å²) in [6, 6.07) is 0. The molecule has 6 nitrogen and oxygen atoms in total. The monoisotopic (exact) mass is 272 g/mol. The first-order valence-electron chi connectivity index (χ1n) is 5.76. The van der Waals surface area contributed by atoms with E-state index < -0.39 is 0 Å². The molecule has 4 N–H and O–H groups in total. The number of rotatable bonds is 5. The molecule has 0 bridgehead atoms. The van der Waals surface area contributed by atoms with Crippen molar-refractivity contribution < 1.29 is 9.53 Å². The minimum atomic E-state index is -0.242. The molecule has 0 saturated heterocycles. The molecule has 1 rings (SSSR count). The second-order valence-corrected chi connectivity index (χ2v) is 5.58. The molecule has 102 valence electrons. The van der Waals surface area contributed by atoms with Crippen LogP contribution in [0.4, 0.5) is 10.8 Å². The lowest BCUT2D eigenvalue weighted by atomic mass is 10.1. The summed E-state index contributed by atoms with van der Waals surface area (Å²) in [7, 11) is 0. The normalized spacial score (nSPS) is 11.1. The van der Waals surface area contributed by atoms with Crippen LogP contribution in [0.25, 0.3) is 0 Å². The van der Waals surface area contributed by atoms with Crippen LogP contribution in [0.5, 0.6) is 5.75 Å². The summed E-state index contributed by atoms with van der Waals surface area (Å²) in [5, 5.41) is 6.52. The molecule has 0 radical (unpaired) electrons. The van der Waals surface area contributed by atoms with Crippen molar-refractivity contribution in [3.05, 3.63) is 0 Å². The van der Waals surface area contributed by atoms with Crippen LogP contribution in [0.3, 0.4) is 0 Å². The van der Waals surface area contributed by atoms with Gasteiger partial charge in [0.05, 0.1) is 13.2 Å². The number of aromatic nitrogens is 1. The molecule has 0 spiro atoms. The first-order chi connectivity index (χ1) is 8.33. The number of carbonyl (C=O) groups excluding carboxylic acids is 1. The lowest BCUT2D eigenvalue weighted by Crippen LogP contribution is -2.43. The molecular formula is C11H20N4O2S. The molecule has 0 aliphatic heterocycles. The Morgan fingerprint density at radius 1 is 1.50 bits per heavy atom. The fourth-order valence-corrected chi connectivity index (χ4v) is 1.97. The average molecular weight is 272 g/mol. The van der Waals surface area contributed by atoms with E-state index in [1.54, 1.807) is 0 Å². The molecule has 0 atom stereocenters. The van der Waals surface area contributed by atoms with Crippen LogP contribution >= 0.6 is 11.5 Å². The molecule has 0 saturated carbocycles. The Morgan fingerprint density at radius 3 is 2.72 bits per heavy atom. The van der Waals surface area contributed by atoms with Crippen molar-refractivity contribution in [3.63, 3.8) is 0 Å². The summed E-state index contributed by atoms with van der Waals surface area (Å²) >= 11 is 1.18. The van der Waals surface area contributed by atoms with Crippen LogP contribution < -0.4 is 21.1 Å². The van der Waals surface area contributed by atoms with E-state index in [1.165, 1.54) is 11.5 Å². The second-order valence-electron chi connectivity index (χ2n) is 4.81. The van der Waals surface area contributed by atoms with Gasteiger partial charge < -0.3 is 21.1 Å². The van der Waals surface area contributed by atoms with E-state index in [0.717, 1.165) is 0 Å². The Balaban J connectivity index is 2.56. The highest BCUT2D eigenvalue weighted by Gasteiger charge is 2.16. The Morgan fingerprint density at radius 2 is 2.17 bits per heavy atom. The van der Waals surface area contributed by atoms with Gasteiger partial charge in [-0.25, -0.2) is 0 Å². The molecule has 1 heterocycles. The van der Waals surface area contributed by atoms with Gasteiger partial charge >= 0.3 is 0 Å². The Bertz CT molecular complexity index is 412. The molecule has 1 amide bonds. The van der Waals surface area contributed by atoms with E-state index in [1.807, 2.05) is 27.7 Å². The van der Waals surface area contributed by atoms with Gasteiger partial charge in [0.15, 0.2) is 16.6 Å². The third-order valence-electron chi connectivity index (χ3n) is 1.89. The summed E-state index contributed by atoms with van der Waals surface area (Å²) in [5.74, 6) is 0.781. The number of nitrogen functional groups attached to an aromatic ring is 1. The standard InChI is InChI=1S/C11H20N4O2S/c1-5-17-8-9(12)15-18-10(8)13-6-7(16)14-11(2,3)4/h13H,5-6H2,1-4H3,(H2,12,15)(H,14,16). The number of nitrogens with two attached hydrogens (primary N) is 1. The largest absolute Gasteiger partial charge is 0.487 e. The third kappa shape index (κ3) is 4.40. The number of nitrogens with one attached hydrogen (secondary N) is 2. The van der Waals surface area contributed by atoms with Crippen LogP contribution in [-0.4, -0.2) is 29.0 Å². The van der Waals surface area contributed by atoms with Crippen LogP contribution in [0.15, 0.2) is 0 Å². The lowest BCUT2D eigenvalue weighted by Gasteiger charge is -2.20. The van der Waals surface area contributed by atoms with Gasteiger partial charge in [0.2, 0.25) is 5.91 Å². The Kier molecular flexibility index (Phi) is 4.77. The Hall–Kier alpha value is -1.50. The van der Waals surface area contributed by atoms with Gasteiger partial charge in [0.1, 0.15) is 0 Å². The van der Waals surface area contributed by atoms with Gasteiger partial charge in [-0.15, -0.1) is 0 Å². The molecule has 0 aliphatic carbocycles. The van der Waals surface area contributed by atoms with Gasteiger partial charge in [-0.3, -0.25) is 4.79 Å². The number of carbonyl (C=O) groups is 1. The summed E-state index contributed by atoms with van der Waals surface area (Å²) < 4.78 is 9.36. The van der Waals surface area contributed by atoms with Crippen molar-refractivity contribution in [3.8, 4) is 5.75 Å². The van der Waals surface area contributed by atoms with E-state index in [9.17, 15) is 4.79 Å². The number of hydrogen-bond donors (Lipinski definition) is 3. The highest BCUT2D eigenvalue weighted by atomic mass is 32.1. The zero-order valence-corrected chi connectivity index (χ0v) is 12.0. The predicted octanol–water partition coefficient (Wildman–Crippen LogP) is 1.45. The predicted molar refractivity (Wildman–Crippen MR) is 74.1 cm³/mol. The smallest absolute Gasteiger partial charge is 0.239 e. The molecule has 7 heteroatoms. The topological polar surface area (TPSA) is 89.3 Å². The number of nitrogens with zero attached hydrogens (tertiary/aromatic N) is 1. The zero-order valence-electron chi connectivity index (χ0n) is 11.2. The molecule has 0 aliphatic rings. The first-order valence-corrected chi connectivity index (χ1v) is 6.53. The van der Waals surface area contributed by atoms with Crippen molar-refractivity contribution in [2.45, 2.75) is 33.2 Å². The number of amides is 1. The van der Waals surface area contributed by atoms with Crippen LogP contribution in [-0.2, 0) is 4.79 Å². The quantitative estimate of drug-likeness (QED) is 0.755. The summed E-state index contributed by atoms with van der Waals surface area (Å²) in [6.07, 6.45) is 0. The zero-order chi connectivity index (χ0) is 13.8.